The van der Waals surface area contributed by atoms with Gasteiger partial charge in [-0.25, -0.2) is 4.79 Å². The molecule has 2 atom stereocenters. The van der Waals surface area contributed by atoms with Gasteiger partial charge in [-0.1, -0.05) is 66.2 Å². The molecule has 7 nitrogen and oxygen atoms in total. The lowest BCUT2D eigenvalue weighted by Gasteiger charge is -2.23. The van der Waals surface area contributed by atoms with Gasteiger partial charge in [-0.15, -0.1) is 0 Å². The zero-order valence-electron chi connectivity index (χ0n) is 20.0. The third-order valence-corrected chi connectivity index (χ3v) is 7.89. The fourth-order valence-corrected chi connectivity index (χ4v) is 5.74. The third-order valence-electron chi connectivity index (χ3n) is 6.52. The van der Waals surface area contributed by atoms with Crippen LogP contribution in [-0.4, -0.2) is 43.1 Å². The number of nitrogens with zero attached hydrogens (tertiary/aromatic N) is 1. The normalized spacial score (nSPS) is 18.0. The Bertz CT molecular complexity index is 1450. The van der Waals surface area contributed by atoms with Gasteiger partial charge in [-0.05, 0) is 49.1 Å². The molecule has 1 aliphatic rings. The van der Waals surface area contributed by atoms with Gasteiger partial charge in [0.15, 0.2) is 0 Å². The summed E-state index contributed by atoms with van der Waals surface area (Å²) in [6, 6.07) is 23.7. The number of likely N-dealkylation sites (tertiary alicyclic amines) is 1. The van der Waals surface area contributed by atoms with Crippen molar-refractivity contribution < 1.29 is 22.1 Å². The number of aromatic amines is 1. The monoisotopic (exact) mass is 504 g/mol. The predicted molar refractivity (Wildman–Crippen MR) is 137 cm³/mol. The molecule has 36 heavy (non-hydrogen) atoms. The lowest BCUT2D eigenvalue weighted by atomic mass is 10.0. The summed E-state index contributed by atoms with van der Waals surface area (Å²) in [6.45, 7) is 2.16. The first kappa shape index (κ1) is 24.1. The quantitative estimate of drug-likeness (QED) is 0.349. The maximum absolute atomic E-state index is 13.1. The van der Waals surface area contributed by atoms with Gasteiger partial charge in [0, 0.05) is 23.1 Å². The molecule has 0 aliphatic carbocycles. The van der Waals surface area contributed by atoms with Gasteiger partial charge < -0.3 is 14.6 Å². The molecule has 0 unspecified atom stereocenters. The van der Waals surface area contributed by atoms with E-state index < -0.39 is 22.3 Å². The summed E-state index contributed by atoms with van der Waals surface area (Å²) in [5, 5.41) is 1.08. The van der Waals surface area contributed by atoms with E-state index in [4.69, 9.17) is 8.92 Å². The van der Waals surface area contributed by atoms with Crippen LogP contribution in [0.2, 0.25) is 0 Å². The maximum Gasteiger partial charge on any atom is 0.410 e. The second-order valence-electron chi connectivity index (χ2n) is 9.13. The van der Waals surface area contributed by atoms with Gasteiger partial charge in [0.05, 0.1) is 17.5 Å². The van der Waals surface area contributed by atoms with Gasteiger partial charge in [-0.2, -0.15) is 8.42 Å². The highest BCUT2D eigenvalue weighted by atomic mass is 32.2. The molecule has 186 valence electrons. The number of ether oxygens (including phenoxy) is 1. The number of carbonyl (C=O) groups excluding carboxylic acids is 1. The summed E-state index contributed by atoms with van der Waals surface area (Å²) in [7, 11) is -3.97. The van der Waals surface area contributed by atoms with E-state index in [1.807, 2.05) is 67.7 Å². The molecule has 1 aliphatic heterocycles. The summed E-state index contributed by atoms with van der Waals surface area (Å²) >= 11 is 0. The number of para-hydroxylation sites is 1. The summed E-state index contributed by atoms with van der Waals surface area (Å²) in [4.78, 5) is 18.1. The predicted octanol–water partition coefficient (Wildman–Crippen LogP) is 5.20. The second kappa shape index (κ2) is 10.2. The molecule has 1 saturated heterocycles. The lowest BCUT2D eigenvalue weighted by molar-refractivity contribution is 0.0891. The summed E-state index contributed by atoms with van der Waals surface area (Å²) in [6.07, 6.45) is 1.72. The van der Waals surface area contributed by atoms with Crippen LogP contribution in [0.3, 0.4) is 0 Å². The summed E-state index contributed by atoms with van der Waals surface area (Å²) in [5.41, 5.74) is 3.91. The lowest BCUT2D eigenvalue weighted by Crippen LogP contribution is -2.37. The third kappa shape index (κ3) is 5.29. The highest BCUT2D eigenvalue weighted by Gasteiger charge is 2.39. The van der Waals surface area contributed by atoms with Gasteiger partial charge in [-0.3, -0.25) is 4.18 Å². The Balaban J connectivity index is 1.35. The van der Waals surface area contributed by atoms with Crippen molar-refractivity contribution in [3.8, 4) is 0 Å². The van der Waals surface area contributed by atoms with Crippen LogP contribution in [0.4, 0.5) is 4.79 Å². The molecule has 4 aromatic rings. The first-order valence-corrected chi connectivity index (χ1v) is 13.3. The highest BCUT2D eigenvalue weighted by Crippen LogP contribution is 2.30. The fraction of sp³-hybridized carbons (Fsp3) is 0.250. The number of aromatic nitrogens is 1. The van der Waals surface area contributed by atoms with Crippen molar-refractivity contribution in [1.82, 2.24) is 9.88 Å². The standard InChI is InChI=1S/C28H28N2O5S/c1-20-11-13-25(14-12-20)36(32,33)35-24-16-23(15-22-17-29-27-10-6-5-9-26(22)27)30(18-24)28(31)34-19-21-7-3-2-4-8-21/h2-14,17,23-24,29H,15-16,18-19H2,1H3/t23-,24-/m1/s1. The number of carbonyl (C=O) groups is 1. The molecule has 2 heterocycles. The van der Waals surface area contributed by atoms with Crippen molar-refractivity contribution in [1.29, 1.82) is 0 Å². The van der Waals surface area contributed by atoms with E-state index in [0.717, 1.165) is 27.6 Å². The fourth-order valence-electron chi connectivity index (χ4n) is 4.66. The molecule has 0 saturated carbocycles. The number of hydrogen-bond donors (Lipinski definition) is 1. The smallest absolute Gasteiger partial charge is 0.410 e. The number of benzene rings is 3. The number of fused-ring (bicyclic) bond motifs is 1. The average molecular weight is 505 g/mol. The van der Waals surface area contributed by atoms with Crippen LogP contribution in [0.5, 0.6) is 0 Å². The number of amides is 1. The summed E-state index contributed by atoms with van der Waals surface area (Å²) in [5.74, 6) is 0. The minimum absolute atomic E-state index is 0.103. The number of rotatable bonds is 7. The molecule has 1 aromatic heterocycles. The summed E-state index contributed by atoms with van der Waals surface area (Å²) < 4.78 is 37.1. The minimum atomic E-state index is -3.97. The topological polar surface area (TPSA) is 88.7 Å². The van der Waals surface area contributed by atoms with E-state index >= 15 is 0 Å². The maximum atomic E-state index is 13.1. The minimum Gasteiger partial charge on any atom is -0.445 e. The molecular weight excluding hydrogens is 476 g/mol. The van der Waals surface area contributed by atoms with Gasteiger partial charge in [0.1, 0.15) is 6.61 Å². The Kier molecular flexibility index (Phi) is 6.80. The second-order valence-corrected chi connectivity index (χ2v) is 10.7. The molecule has 1 amide bonds. The zero-order valence-corrected chi connectivity index (χ0v) is 20.8. The van der Waals surface area contributed by atoms with Gasteiger partial charge >= 0.3 is 6.09 Å². The molecule has 8 heteroatoms. The van der Waals surface area contributed by atoms with Crippen LogP contribution >= 0.6 is 0 Å². The van der Waals surface area contributed by atoms with E-state index in [1.165, 1.54) is 12.1 Å². The first-order valence-electron chi connectivity index (χ1n) is 11.9. The SMILES string of the molecule is Cc1ccc(S(=O)(=O)O[C@@H]2C[C@@H](Cc3c[nH]c4ccccc34)N(C(=O)OCc3ccccc3)C2)cc1. The Morgan fingerprint density at radius 2 is 1.72 bits per heavy atom. The van der Waals surface area contributed by atoms with Gasteiger partial charge in [0.2, 0.25) is 0 Å². The van der Waals surface area contributed by atoms with E-state index in [2.05, 4.69) is 4.98 Å². The van der Waals surface area contributed by atoms with Gasteiger partial charge in [0.25, 0.3) is 10.1 Å². The Morgan fingerprint density at radius 1 is 1.00 bits per heavy atom. The Morgan fingerprint density at radius 3 is 2.50 bits per heavy atom. The molecule has 0 bridgehead atoms. The Hall–Kier alpha value is -3.62. The molecule has 0 spiro atoms. The molecule has 0 radical (unpaired) electrons. The van der Waals surface area contributed by atoms with Crippen molar-refractivity contribution >= 4 is 27.1 Å². The number of nitrogens with one attached hydrogen (secondary N) is 1. The first-order chi connectivity index (χ1) is 17.4. The molecule has 1 N–H and O–H groups in total. The van der Waals surface area contributed by atoms with Crippen molar-refractivity contribution in [2.45, 2.75) is 43.4 Å². The molecule has 1 fully saturated rings. The van der Waals surface area contributed by atoms with Crippen molar-refractivity contribution in [2.75, 3.05) is 6.54 Å². The highest BCUT2D eigenvalue weighted by molar-refractivity contribution is 7.86. The average Bonchev–Trinajstić information content (AvgIpc) is 3.47. The van der Waals surface area contributed by atoms with E-state index in [1.54, 1.807) is 17.0 Å². The van der Waals surface area contributed by atoms with Crippen molar-refractivity contribution in [2.24, 2.45) is 0 Å². The number of aryl methyl sites for hydroxylation is 1. The molecule has 5 rings (SSSR count). The van der Waals surface area contributed by atoms with E-state index in [9.17, 15) is 13.2 Å². The van der Waals surface area contributed by atoms with Crippen LogP contribution in [0.15, 0.2) is 90.0 Å². The molecular formula is C28H28N2O5S. The Labute approximate surface area is 210 Å². The van der Waals surface area contributed by atoms with Crippen LogP contribution in [0.1, 0.15) is 23.1 Å². The van der Waals surface area contributed by atoms with Crippen LogP contribution in [0, 0.1) is 6.92 Å². The number of hydrogen-bond acceptors (Lipinski definition) is 5. The zero-order chi connectivity index (χ0) is 25.1. The van der Waals surface area contributed by atoms with E-state index in [-0.39, 0.29) is 24.1 Å². The van der Waals surface area contributed by atoms with Crippen LogP contribution in [0.25, 0.3) is 10.9 Å². The van der Waals surface area contributed by atoms with Crippen molar-refractivity contribution in [3.05, 3.63) is 102 Å². The number of H-pyrrole nitrogens is 1. The van der Waals surface area contributed by atoms with E-state index in [0.29, 0.717) is 12.8 Å². The van der Waals surface area contributed by atoms with Crippen molar-refractivity contribution in [3.63, 3.8) is 0 Å². The largest absolute Gasteiger partial charge is 0.445 e. The van der Waals surface area contributed by atoms with Crippen LogP contribution in [-0.2, 0) is 32.1 Å². The van der Waals surface area contributed by atoms with Crippen LogP contribution < -0.4 is 0 Å². The molecule has 3 aromatic carbocycles.